The number of guanidine groups is 1. The molecule has 1 amide bonds. The molecule has 1 heterocycles. The molecule has 0 radical (unpaired) electrons. The van der Waals surface area contributed by atoms with Crippen LogP contribution in [0.5, 0.6) is 0 Å². The van der Waals surface area contributed by atoms with Crippen molar-refractivity contribution in [2.75, 3.05) is 27.2 Å². The average Bonchev–Trinajstić information content (AvgIpc) is 2.58. The maximum absolute atomic E-state index is 13.7. The maximum atomic E-state index is 13.7. The smallest absolute Gasteiger partial charge is 0.217 e. The number of nitrogens with two attached hydrogens (primary N) is 1. The van der Waals surface area contributed by atoms with Gasteiger partial charge >= 0.3 is 0 Å². The number of aliphatic imine (C=N–C) groups is 1. The molecule has 0 aliphatic carbocycles. The van der Waals surface area contributed by atoms with Crippen molar-refractivity contribution in [2.24, 2.45) is 16.6 Å². The van der Waals surface area contributed by atoms with E-state index in [2.05, 4.69) is 15.2 Å². The van der Waals surface area contributed by atoms with Crippen LogP contribution in [-0.2, 0) is 22.7 Å². The van der Waals surface area contributed by atoms with E-state index in [9.17, 15) is 9.18 Å². The van der Waals surface area contributed by atoms with Gasteiger partial charge in [0.05, 0.1) is 6.61 Å². The first kappa shape index (κ1) is 19.2. The summed E-state index contributed by atoms with van der Waals surface area (Å²) >= 11 is 0. The van der Waals surface area contributed by atoms with Gasteiger partial charge in [-0.25, -0.2) is 4.39 Å². The molecule has 0 aromatic heterocycles. The normalized spacial score (nSPS) is 18.3. The molecule has 0 bridgehead atoms. The van der Waals surface area contributed by atoms with Gasteiger partial charge in [-0.05, 0) is 36.5 Å². The lowest BCUT2D eigenvalue weighted by molar-refractivity contribution is -0.119. The minimum atomic E-state index is -0.264. The number of nitrogens with zero attached hydrogens (tertiary/aromatic N) is 2. The van der Waals surface area contributed by atoms with Crippen LogP contribution in [0.3, 0.4) is 0 Å². The lowest BCUT2D eigenvalue weighted by Gasteiger charge is -2.34. The lowest BCUT2D eigenvalue weighted by atomic mass is 9.95. The third-order valence-corrected chi connectivity index (χ3v) is 4.38. The first-order valence-corrected chi connectivity index (χ1v) is 8.53. The Morgan fingerprint density at radius 2 is 2.32 bits per heavy atom. The minimum Gasteiger partial charge on any atom is -0.380 e. The second kappa shape index (κ2) is 9.36. The molecule has 1 unspecified atom stereocenters. The van der Waals surface area contributed by atoms with Crippen molar-refractivity contribution in [2.45, 2.75) is 32.4 Å². The number of piperidine rings is 1. The molecule has 1 aromatic carbocycles. The highest BCUT2D eigenvalue weighted by Crippen LogP contribution is 2.19. The predicted octanol–water partition coefficient (Wildman–Crippen LogP) is 1.63. The van der Waals surface area contributed by atoms with Gasteiger partial charge in [-0.1, -0.05) is 6.07 Å². The van der Waals surface area contributed by atoms with Crippen LogP contribution in [0.1, 0.15) is 30.4 Å². The second-order valence-corrected chi connectivity index (χ2v) is 6.38. The van der Waals surface area contributed by atoms with Gasteiger partial charge < -0.3 is 20.7 Å². The van der Waals surface area contributed by atoms with E-state index in [1.807, 2.05) is 0 Å². The third kappa shape index (κ3) is 5.70. The summed E-state index contributed by atoms with van der Waals surface area (Å²) in [4.78, 5) is 17.6. The molecule has 1 fully saturated rings. The predicted molar refractivity (Wildman–Crippen MR) is 95.4 cm³/mol. The molecule has 1 aliphatic rings. The van der Waals surface area contributed by atoms with Gasteiger partial charge in [-0.15, -0.1) is 0 Å². The number of hydrogen-bond donors (Lipinski definition) is 2. The monoisotopic (exact) mass is 350 g/mol. The summed E-state index contributed by atoms with van der Waals surface area (Å²) in [7, 11) is 3.28. The topological polar surface area (TPSA) is 80.0 Å². The Balaban J connectivity index is 1.96. The number of rotatable bonds is 6. The summed E-state index contributed by atoms with van der Waals surface area (Å²) in [5.74, 6) is 0.530. The Hall–Kier alpha value is -2.15. The van der Waals surface area contributed by atoms with Gasteiger partial charge in [0.2, 0.25) is 5.91 Å². The molecule has 3 N–H and O–H groups in total. The molecular weight excluding hydrogens is 323 g/mol. The number of nitrogens with one attached hydrogen (secondary N) is 1. The zero-order chi connectivity index (χ0) is 18.2. The van der Waals surface area contributed by atoms with E-state index in [1.165, 1.54) is 6.07 Å². The number of methoxy groups -OCH3 is 1. The Bertz CT molecular complexity index is 621. The van der Waals surface area contributed by atoms with E-state index in [0.29, 0.717) is 18.5 Å². The van der Waals surface area contributed by atoms with Crippen molar-refractivity contribution in [3.63, 3.8) is 0 Å². The fourth-order valence-corrected chi connectivity index (χ4v) is 3.23. The highest BCUT2D eigenvalue weighted by molar-refractivity contribution is 5.80. The molecule has 7 heteroatoms. The van der Waals surface area contributed by atoms with E-state index in [1.54, 1.807) is 26.3 Å². The maximum Gasteiger partial charge on any atom is 0.217 e. The zero-order valence-corrected chi connectivity index (χ0v) is 14.9. The second-order valence-electron chi connectivity index (χ2n) is 6.38. The zero-order valence-electron chi connectivity index (χ0n) is 14.9. The van der Waals surface area contributed by atoms with Crippen molar-refractivity contribution in [3.8, 4) is 0 Å². The molecule has 0 spiro atoms. The van der Waals surface area contributed by atoms with Crippen LogP contribution in [0.2, 0.25) is 0 Å². The number of carbonyl (C=O) groups excluding carboxylic acids is 1. The van der Waals surface area contributed by atoms with Gasteiger partial charge in [0.25, 0.3) is 0 Å². The summed E-state index contributed by atoms with van der Waals surface area (Å²) in [6.07, 6.45) is 2.42. The molecule has 25 heavy (non-hydrogen) atoms. The molecule has 2 rings (SSSR count). The van der Waals surface area contributed by atoms with Gasteiger partial charge in [-0.3, -0.25) is 9.79 Å². The SMILES string of the molecule is CN=C(NCc1ccc(F)c(COC)c1)N1CCCC(CC(N)=O)C1. The minimum absolute atomic E-state index is 0.245. The van der Waals surface area contributed by atoms with Gasteiger partial charge in [0, 0.05) is 45.8 Å². The van der Waals surface area contributed by atoms with Crippen LogP contribution in [0.25, 0.3) is 0 Å². The first-order chi connectivity index (χ1) is 12.0. The standard InChI is InChI=1S/C18H27FN4O2/c1-21-18(23-7-3-4-14(11-23)9-17(20)24)22-10-13-5-6-16(19)15(8-13)12-25-2/h5-6,8,14H,3-4,7,9-12H2,1-2H3,(H2,20,24)(H,21,22). The van der Waals surface area contributed by atoms with Crippen molar-refractivity contribution in [3.05, 3.63) is 35.1 Å². The third-order valence-electron chi connectivity index (χ3n) is 4.38. The highest BCUT2D eigenvalue weighted by Gasteiger charge is 2.23. The summed E-state index contributed by atoms with van der Waals surface area (Å²) < 4.78 is 18.7. The van der Waals surface area contributed by atoms with E-state index in [-0.39, 0.29) is 24.2 Å². The molecule has 1 atom stereocenters. The quantitative estimate of drug-likeness (QED) is 0.604. The Kier molecular flexibility index (Phi) is 7.18. The number of ether oxygens (including phenoxy) is 1. The largest absolute Gasteiger partial charge is 0.380 e. The Labute approximate surface area is 148 Å². The average molecular weight is 350 g/mol. The first-order valence-electron chi connectivity index (χ1n) is 8.53. The summed E-state index contributed by atoms with van der Waals surface area (Å²) in [5.41, 5.74) is 6.82. The molecule has 1 aliphatic heterocycles. The van der Waals surface area contributed by atoms with E-state index in [4.69, 9.17) is 10.5 Å². The number of hydrogen-bond acceptors (Lipinski definition) is 3. The summed E-state index contributed by atoms with van der Waals surface area (Å²) in [6, 6.07) is 5.00. The van der Waals surface area contributed by atoms with Crippen LogP contribution in [-0.4, -0.2) is 44.0 Å². The van der Waals surface area contributed by atoms with E-state index in [0.717, 1.165) is 37.5 Å². The molecule has 1 aromatic rings. The molecular formula is C18H27FN4O2. The Morgan fingerprint density at radius 1 is 1.52 bits per heavy atom. The van der Waals surface area contributed by atoms with Crippen LogP contribution >= 0.6 is 0 Å². The van der Waals surface area contributed by atoms with Crippen molar-refractivity contribution >= 4 is 11.9 Å². The number of halogens is 1. The van der Waals surface area contributed by atoms with Gasteiger partial charge in [0.1, 0.15) is 5.82 Å². The number of amides is 1. The molecule has 6 nitrogen and oxygen atoms in total. The van der Waals surface area contributed by atoms with Crippen LogP contribution in [0.4, 0.5) is 4.39 Å². The summed E-state index contributed by atoms with van der Waals surface area (Å²) in [5, 5.41) is 3.31. The number of primary amides is 1. The van der Waals surface area contributed by atoms with Gasteiger partial charge in [-0.2, -0.15) is 0 Å². The molecule has 138 valence electrons. The number of benzene rings is 1. The van der Waals surface area contributed by atoms with Crippen molar-refractivity contribution in [1.82, 2.24) is 10.2 Å². The highest BCUT2D eigenvalue weighted by atomic mass is 19.1. The fourth-order valence-electron chi connectivity index (χ4n) is 3.23. The van der Waals surface area contributed by atoms with Gasteiger partial charge in [0.15, 0.2) is 5.96 Å². The van der Waals surface area contributed by atoms with Crippen molar-refractivity contribution in [1.29, 1.82) is 0 Å². The van der Waals surface area contributed by atoms with Crippen LogP contribution in [0.15, 0.2) is 23.2 Å². The van der Waals surface area contributed by atoms with Crippen LogP contribution in [0, 0.1) is 11.7 Å². The summed E-state index contributed by atoms with van der Waals surface area (Å²) in [6.45, 7) is 2.45. The number of carbonyl (C=O) groups is 1. The molecule has 1 saturated heterocycles. The lowest BCUT2D eigenvalue weighted by Crippen LogP contribution is -2.46. The van der Waals surface area contributed by atoms with Crippen LogP contribution < -0.4 is 11.1 Å². The Morgan fingerprint density at radius 3 is 3.00 bits per heavy atom. The van der Waals surface area contributed by atoms with Crippen molar-refractivity contribution < 1.29 is 13.9 Å². The number of likely N-dealkylation sites (tertiary alicyclic amines) is 1. The fraction of sp³-hybridized carbons (Fsp3) is 0.556. The van der Waals surface area contributed by atoms with E-state index >= 15 is 0 Å². The van der Waals surface area contributed by atoms with E-state index < -0.39 is 0 Å². The molecule has 0 saturated carbocycles.